The highest BCUT2D eigenvalue weighted by molar-refractivity contribution is 7.17. The number of amides is 1. The van der Waals surface area contributed by atoms with E-state index in [0.717, 1.165) is 45.5 Å². The number of ketones is 1. The number of aryl methyl sites for hydroxylation is 1. The average molecular weight is 406 g/mol. The Morgan fingerprint density at radius 2 is 1.59 bits per heavy atom. The molecule has 148 valence electrons. The summed E-state index contributed by atoms with van der Waals surface area (Å²) < 4.78 is 0. The minimum atomic E-state index is 0.0637. The molecule has 4 rings (SSSR count). The maximum Gasteiger partial charge on any atom is 0.265 e. The SMILES string of the molecule is CC(=O)c1ccc(N2CCN(C(=O)c3sc(-c4ccccc4)nc3C)CC2)cc1. The highest BCUT2D eigenvalue weighted by atomic mass is 32.1. The lowest BCUT2D eigenvalue weighted by Gasteiger charge is -2.36. The van der Waals surface area contributed by atoms with Gasteiger partial charge in [-0.15, -0.1) is 11.3 Å². The summed E-state index contributed by atoms with van der Waals surface area (Å²) in [5.74, 6) is 0.135. The summed E-state index contributed by atoms with van der Waals surface area (Å²) in [6.07, 6.45) is 0. The Kier molecular flexibility index (Phi) is 5.45. The molecule has 0 atom stereocenters. The van der Waals surface area contributed by atoms with Gasteiger partial charge in [-0.25, -0.2) is 4.98 Å². The summed E-state index contributed by atoms with van der Waals surface area (Å²) >= 11 is 1.47. The molecule has 0 N–H and O–H groups in total. The molecule has 0 saturated carbocycles. The second-order valence-corrected chi connectivity index (χ2v) is 8.18. The van der Waals surface area contributed by atoms with Crippen molar-refractivity contribution in [1.82, 2.24) is 9.88 Å². The van der Waals surface area contributed by atoms with Gasteiger partial charge in [0.25, 0.3) is 5.91 Å². The fourth-order valence-electron chi connectivity index (χ4n) is 3.52. The number of carbonyl (C=O) groups is 2. The van der Waals surface area contributed by atoms with Gasteiger partial charge < -0.3 is 9.80 Å². The van der Waals surface area contributed by atoms with E-state index in [4.69, 9.17) is 0 Å². The zero-order valence-electron chi connectivity index (χ0n) is 16.6. The molecule has 0 bridgehead atoms. The number of piperazine rings is 1. The molecule has 5 nitrogen and oxygen atoms in total. The van der Waals surface area contributed by atoms with Crippen LogP contribution in [0.1, 0.15) is 32.6 Å². The van der Waals surface area contributed by atoms with E-state index in [0.29, 0.717) is 13.1 Å². The van der Waals surface area contributed by atoms with Crippen molar-refractivity contribution in [2.24, 2.45) is 0 Å². The summed E-state index contributed by atoms with van der Waals surface area (Å²) in [4.78, 5) is 34.0. The first kappa shape index (κ1) is 19.3. The first-order valence-electron chi connectivity index (χ1n) is 9.71. The van der Waals surface area contributed by atoms with Gasteiger partial charge in [0, 0.05) is 43.0 Å². The molecule has 1 saturated heterocycles. The van der Waals surface area contributed by atoms with Gasteiger partial charge in [-0.1, -0.05) is 30.3 Å². The fraction of sp³-hybridized carbons (Fsp3) is 0.261. The number of hydrogen-bond donors (Lipinski definition) is 0. The lowest BCUT2D eigenvalue weighted by molar-refractivity contribution is 0.0750. The zero-order chi connectivity index (χ0) is 20.4. The van der Waals surface area contributed by atoms with E-state index in [1.165, 1.54) is 11.3 Å². The van der Waals surface area contributed by atoms with E-state index in [2.05, 4.69) is 9.88 Å². The van der Waals surface area contributed by atoms with Crippen molar-refractivity contribution in [2.75, 3.05) is 31.1 Å². The molecule has 1 aliphatic heterocycles. The van der Waals surface area contributed by atoms with Gasteiger partial charge in [-0.2, -0.15) is 0 Å². The van der Waals surface area contributed by atoms with Gasteiger partial charge in [-0.05, 0) is 38.1 Å². The number of benzene rings is 2. The summed E-state index contributed by atoms with van der Waals surface area (Å²) in [7, 11) is 0. The minimum Gasteiger partial charge on any atom is -0.368 e. The molecule has 1 fully saturated rings. The van der Waals surface area contributed by atoms with Crippen LogP contribution in [0.15, 0.2) is 54.6 Å². The molecule has 0 spiro atoms. The first-order valence-corrected chi connectivity index (χ1v) is 10.5. The normalized spacial score (nSPS) is 14.1. The van der Waals surface area contributed by atoms with Crippen molar-refractivity contribution >= 4 is 28.7 Å². The van der Waals surface area contributed by atoms with Crippen molar-refractivity contribution in [2.45, 2.75) is 13.8 Å². The molecule has 1 aliphatic rings. The Bertz CT molecular complexity index is 1020. The molecule has 0 unspecified atom stereocenters. The number of hydrogen-bond acceptors (Lipinski definition) is 5. The van der Waals surface area contributed by atoms with Gasteiger partial charge in [0.15, 0.2) is 5.78 Å². The van der Waals surface area contributed by atoms with Crippen LogP contribution in [0, 0.1) is 6.92 Å². The monoisotopic (exact) mass is 405 g/mol. The van der Waals surface area contributed by atoms with Crippen LogP contribution in [0.2, 0.25) is 0 Å². The molecule has 2 aromatic carbocycles. The average Bonchev–Trinajstić information content (AvgIpc) is 3.15. The topological polar surface area (TPSA) is 53.5 Å². The van der Waals surface area contributed by atoms with E-state index in [9.17, 15) is 9.59 Å². The predicted molar refractivity (Wildman–Crippen MR) is 117 cm³/mol. The van der Waals surface area contributed by atoms with Crippen molar-refractivity contribution in [3.05, 3.63) is 70.7 Å². The number of rotatable bonds is 4. The molecular formula is C23H23N3O2S. The molecule has 0 aliphatic carbocycles. The Morgan fingerprint density at radius 1 is 0.931 bits per heavy atom. The third kappa shape index (κ3) is 4.07. The van der Waals surface area contributed by atoms with Crippen LogP contribution >= 0.6 is 11.3 Å². The third-order valence-electron chi connectivity index (χ3n) is 5.22. The largest absolute Gasteiger partial charge is 0.368 e. The number of thiazole rings is 1. The first-order chi connectivity index (χ1) is 14.0. The Balaban J connectivity index is 1.43. The smallest absolute Gasteiger partial charge is 0.265 e. The van der Waals surface area contributed by atoms with Crippen molar-refractivity contribution in [3.63, 3.8) is 0 Å². The van der Waals surface area contributed by atoms with Crippen LogP contribution in [-0.4, -0.2) is 47.8 Å². The van der Waals surface area contributed by atoms with E-state index in [1.54, 1.807) is 6.92 Å². The molecule has 6 heteroatoms. The fourth-order valence-corrected chi connectivity index (χ4v) is 4.56. The van der Waals surface area contributed by atoms with Gasteiger partial charge in [0.1, 0.15) is 9.88 Å². The molecular weight excluding hydrogens is 382 g/mol. The predicted octanol–water partition coefficient (Wildman–Crippen LogP) is 4.28. The van der Waals surface area contributed by atoms with Gasteiger partial charge in [-0.3, -0.25) is 9.59 Å². The lowest BCUT2D eigenvalue weighted by atomic mass is 10.1. The second-order valence-electron chi connectivity index (χ2n) is 7.18. The summed E-state index contributed by atoms with van der Waals surface area (Å²) in [5.41, 5.74) is 3.64. The second kappa shape index (κ2) is 8.17. The Morgan fingerprint density at radius 3 is 2.21 bits per heavy atom. The minimum absolute atomic E-state index is 0.0637. The quantitative estimate of drug-likeness (QED) is 0.608. The molecule has 1 aromatic heterocycles. The molecule has 0 radical (unpaired) electrons. The number of carbonyl (C=O) groups excluding carboxylic acids is 2. The van der Waals surface area contributed by atoms with Crippen LogP contribution in [-0.2, 0) is 0 Å². The van der Waals surface area contributed by atoms with Crippen molar-refractivity contribution < 1.29 is 9.59 Å². The lowest BCUT2D eigenvalue weighted by Crippen LogP contribution is -2.48. The molecule has 3 aromatic rings. The van der Waals surface area contributed by atoms with Crippen LogP contribution in [0.3, 0.4) is 0 Å². The standard InChI is InChI=1S/C23H23N3O2S/c1-16-21(29-22(24-16)19-6-4-3-5-7-19)23(28)26-14-12-25(13-15-26)20-10-8-18(9-11-20)17(2)27/h3-11H,12-15H2,1-2H3. The van der Waals surface area contributed by atoms with Gasteiger partial charge in [0.2, 0.25) is 0 Å². The maximum absolute atomic E-state index is 13.1. The number of nitrogens with zero attached hydrogens (tertiary/aromatic N) is 3. The summed E-state index contributed by atoms with van der Waals surface area (Å²) in [5, 5.41) is 0.885. The van der Waals surface area contributed by atoms with E-state index in [-0.39, 0.29) is 11.7 Å². The van der Waals surface area contributed by atoms with Crippen LogP contribution in [0.4, 0.5) is 5.69 Å². The zero-order valence-corrected chi connectivity index (χ0v) is 17.4. The number of anilines is 1. The summed E-state index contributed by atoms with van der Waals surface area (Å²) in [6, 6.07) is 17.7. The third-order valence-corrected chi connectivity index (χ3v) is 6.41. The van der Waals surface area contributed by atoms with E-state index >= 15 is 0 Å². The highest BCUT2D eigenvalue weighted by Gasteiger charge is 2.25. The van der Waals surface area contributed by atoms with Crippen LogP contribution in [0.5, 0.6) is 0 Å². The van der Waals surface area contributed by atoms with E-state index in [1.807, 2.05) is 66.4 Å². The van der Waals surface area contributed by atoms with E-state index < -0.39 is 0 Å². The van der Waals surface area contributed by atoms with Crippen LogP contribution < -0.4 is 4.90 Å². The maximum atomic E-state index is 13.1. The van der Waals surface area contributed by atoms with Crippen LogP contribution in [0.25, 0.3) is 10.6 Å². The summed E-state index contributed by atoms with van der Waals surface area (Å²) in [6.45, 7) is 6.37. The molecule has 1 amide bonds. The Labute approximate surface area is 174 Å². The van der Waals surface area contributed by atoms with Gasteiger partial charge >= 0.3 is 0 Å². The van der Waals surface area contributed by atoms with Gasteiger partial charge in [0.05, 0.1) is 5.69 Å². The number of aromatic nitrogens is 1. The molecule has 2 heterocycles. The van der Waals surface area contributed by atoms with Crippen molar-refractivity contribution in [3.8, 4) is 10.6 Å². The Hall–Kier alpha value is -2.99. The number of Topliss-reactive ketones (excluding diaryl/α,β-unsaturated/α-hetero) is 1. The van der Waals surface area contributed by atoms with Crippen molar-refractivity contribution in [1.29, 1.82) is 0 Å². The molecule has 29 heavy (non-hydrogen) atoms. The highest BCUT2D eigenvalue weighted by Crippen LogP contribution is 2.29.